The Morgan fingerprint density at radius 2 is 1.91 bits per heavy atom. The first-order valence-corrected chi connectivity index (χ1v) is 10.8. The molecule has 1 fully saturated rings. The van der Waals surface area contributed by atoms with Crippen LogP contribution in [0.4, 0.5) is 0 Å². The second kappa shape index (κ2) is 10.6. The normalized spacial score (nSPS) is 15.7. The van der Waals surface area contributed by atoms with Crippen molar-refractivity contribution in [3.63, 3.8) is 0 Å². The van der Waals surface area contributed by atoms with Gasteiger partial charge in [-0.1, -0.05) is 30.3 Å². The van der Waals surface area contributed by atoms with Gasteiger partial charge in [0.15, 0.2) is 5.43 Å². The zero-order chi connectivity index (χ0) is 22.3. The van der Waals surface area contributed by atoms with Crippen molar-refractivity contribution in [2.24, 2.45) is 0 Å². The van der Waals surface area contributed by atoms with Gasteiger partial charge in [0.25, 0.3) is 0 Å². The lowest BCUT2D eigenvalue weighted by molar-refractivity contribution is 0.0376. The Labute approximate surface area is 186 Å². The van der Waals surface area contributed by atoms with Gasteiger partial charge < -0.3 is 29.4 Å². The molecular weight excluding hydrogens is 412 g/mol. The van der Waals surface area contributed by atoms with E-state index in [-0.39, 0.29) is 28.8 Å². The standard InChI is InChI=1S/C24H28N2O6/c27-18(15-25-6-7-26-8-10-30-11-9-26)16-31-19-12-20(28)24-21(29)14-22(32-23(24)13-19)17-4-2-1-3-5-17/h1-5,12-14,18,25,27-28H,6-11,15-16H2. The van der Waals surface area contributed by atoms with Gasteiger partial charge in [-0.05, 0) is 0 Å². The van der Waals surface area contributed by atoms with E-state index < -0.39 is 6.10 Å². The number of rotatable bonds is 9. The number of nitrogens with one attached hydrogen (secondary N) is 1. The summed E-state index contributed by atoms with van der Waals surface area (Å²) in [5.41, 5.74) is 0.652. The van der Waals surface area contributed by atoms with E-state index in [1.807, 2.05) is 30.3 Å². The first-order valence-electron chi connectivity index (χ1n) is 10.8. The van der Waals surface area contributed by atoms with Crippen LogP contribution in [0.5, 0.6) is 11.5 Å². The van der Waals surface area contributed by atoms with E-state index in [0.717, 1.165) is 45.0 Å². The molecule has 1 aliphatic heterocycles. The Hall–Kier alpha value is -2.91. The topological polar surface area (TPSA) is 104 Å². The van der Waals surface area contributed by atoms with E-state index in [0.29, 0.717) is 18.1 Å². The molecule has 2 aromatic carbocycles. The highest BCUT2D eigenvalue weighted by Crippen LogP contribution is 2.31. The maximum absolute atomic E-state index is 12.5. The maximum atomic E-state index is 12.5. The van der Waals surface area contributed by atoms with Gasteiger partial charge in [-0.15, -0.1) is 0 Å². The zero-order valence-electron chi connectivity index (χ0n) is 17.8. The number of aliphatic hydroxyl groups excluding tert-OH is 1. The predicted octanol–water partition coefficient (Wildman–Crippen LogP) is 1.83. The Morgan fingerprint density at radius 1 is 1.12 bits per heavy atom. The van der Waals surface area contributed by atoms with E-state index in [1.165, 1.54) is 12.1 Å². The number of aliphatic hydroxyl groups is 1. The van der Waals surface area contributed by atoms with Gasteiger partial charge >= 0.3 is 0 Å². The first kappa shape index (κ1) is 22.3. The predicted molar refractivity (Wildman–Crippen MR) is 121 cm³/mol. The van der Waals surface area contributed by atoms with Crippen LogP contribution in [0, 0.1) is 0 Å². The highest BCUT2D eigenvalue weighted by molar-refractivity contribution is 5.86. The van der Waals surface area contributed by atoms with Crippen LogP contribution >= 0.6 is 0 Å². The van der Waals surface area contributed by atoms with Crippen LogP contribution in [0.2, 0.25) is 0 Å². The quantitative estimate of drug-likeness (QED) is 0.433. The van der Waals surface area contributed by atoms with Crippen molar-refractivity contribution in [2.45, 2.75) is 6.10 Å². The summed E-state index contributed by atoms with van der Waals surface area (Å²) >= 11 is 0. The van der Waals surface area contributed by atoms with Crippen LogP contribution in [0.3, 0.4) is 0 Å². The molecule has 0 spiro atoms. The minimum Gasteiger partial charge on any atom is -0.507 e. The van der Waals surface area contributed by atoms with Gasteiger partial charge in [-0.3, -0.25) is 9.69 Å². The van der Waals surface area contributed by atoms with Crippen LogP contribution in [-0.2, 0) is 4.74 Å². The fourth-order valence-electron chi connectivity index (χ4n) is 3.65. The van der Waals surface area contributed by atoms with Crippen molar-refractivity contribution in [3.05, 3.63) is 58.8 Å². The molecule has 1 aliphatic rings. The highest BCUT2D eigenvalue weighted by Gasteiger charge is 2.14. The molecule has 0 bridgehead atoms. The second-order valence-electron chi connectivity index (χ2n) is 7.78. The van der Waals surface area contributed by atoms with Crippen molar-refractivity contribution in [1.82, 2.24) is 10.2 Å². The molecule has 0 amide bonds. The minimum atomic E-state index is -0.722. The third kappa shape index (κ3) is 5.66. The number of hydrogen-bond donors (Lipinski definition) is 3. The molecule has 1 aromatic heterocycles. The van der Waals surface area contributed by atoms with Crippen molar-refractivity contribution in [1.29, 1.82) is 0 Å². The summed E-state index contributed by atoms with van der Waals surface area (Å²) in [6.07, 6.45) is -0.722. The number of benzene rings is 2. The van der Waals surface area contributed by atoms with E-state index >= 15 is 0 Å². The Balaban J connectivity index is 1.36. The molecule has 0 aliphatic carbocycles. The molecule has 3 aromatic rings. The molecule has 1 saturated heterocycles. The highest BCUT2D eigenvalue weighted by atomic mass is 16.5. The van der Waals surface area contributed by atoms with Crippen molar-refractivity contribution < 1.29 is 24.1 Å². The number of fused-ring (bicyclic) bond motifs is 1. The molecule has 1 atom stereocenters. The lowest BCUT2D eigenvalue weighted by Gasteiger charge is -2.26. The number of aromatic hydroxyl groups is 1. The summed E-state index contributed by atoms with van der Waals surface area (Å²) in [5, 5.41) is 23.9. The fourth-order valence-corrected chi connectivity index (χ4v) is 3.65. The third-order valence-electron chi connectivity index (χ3n) is 5.37. The number of phenolic OH excluding ortho intramolecular Hbond substituents is 1. The molecular formula is C24H28N2O6. The average molecular weight is 440 g/mol. The first-order chi connectivity index (χ1) is 15.6. The number of ether oxygens (including phenoxy) is 2. The molecule has 0 radical (unpaired) electrons. The Kier molecular flexibility index (Phi) is 7.39. The molecule has 8 nitrogen and oxygen atoms in total. The zero-order valence-corrected chi connectivity index (χ0v) is 17.8. The SMILES string of the molecule is O=c1cc(-c2ccccc2)oc2cc(OCC(O)CNCCN3CCOCC3)cc(O)c12. The number of phenols is 1. The number of hydrogen-bond acceptors (Lipinski definition) is 8. The molecule has 8 heteroatoms. The monoisotopic (exact) mass is 440 g/mol. The van der Waals surface area contributed by atoms with Crippen molar-refractivity contribution in [3.8, 4) is 22.8 Å². The third-order valence-corrected chi connectivity index (χ3v) is 5.37. The lowest BCUT2D eigenvalue weighted by atomic mass is 10.1. The van der Waals surface area contributed by atoms with E-state index in [1.54, 1.807) is 6.07 Å². The van der Waals surface area contributed by atoms with E-state index in [9.17, 15) is 15.0 Å². The second-order valence-corrected chi connectivity index (χ2v) is 7.78. The van der Waals surface area contributed by atoms with Crippen LogP contribution < -0.4 is 15.5 Å². The lowest BCUT2D eigenvalue weighted by Crippen LogP contribution is -2.41. The van der Waals surface area contributed by atoms with Crippen molar-refractivity contribution >= 4 is 11.0 Å². The fraction of sp³-hybridized carbons (Fsp3) is 0.375. The average Bonchev–Trinajstić information content (AvgIpc) is 2.81. The van der Waals surface area contributed by atoms with Gasteiger partial charge in [0.1, 0.15) is 40.9 Å². The summed E-state index contributed by atoms with van der Waals surface area (Å²) in [6.45, 7) is 5.49. The summed E-state index contributed by atoms with van der Waals surface area (Å²) in [5.74, 6) is 0.504. The van der Waals surface area contributed by atoms with Crippen molar-refractivity contribution in [2.75, 3.05) is 52.5 Å². The van der Waals surface area contributed by atoms with Gasteiger partial charge in [0, 0.05) is 56.5 Å². The van der Waals surface area contributed by atoms with Gasteiger partial charge in [0.05, 0.1) is 13.2 Å². The van der Waals surface area contributed by atoms with Gasteiger partial charge in [0.2, 0.25) is 0 Å². The molecule has 0 saturated carbocycles. The van der Waals surface area contributed by atoms with Gasteiger partial charge in [-0.2, -0.15) is 0 Å². The minimum absolute atomic E-state index is 0.0398. The molecule has 3 N–H and O–H groups in total. The van der Waals surface area contributed by atoms with Crippen LogP contribution in [0.15, 0.2) is 57.7 Å². The molecule has 2 heterocycles. The smallest absolute Gasteiger partial charge is 0.197 e. The largest absolute Gasteiger partial charge is 0.507 e. The van der Waals surface area contributed by atoms with Crippen LogP contribution in [0.25, 0.3) is 22.3 Å². The molecule has 170 valence electrons. The molecule has 1 unspecified atom stereocenters. The Morgan fingerprint density at radius 3 is 2.69 bits per heavy atom. The van der Waals surface area contributed by atoms with E-state index in [4.69, 9.17) is 13.9 Å². The summed E-state index contributed by atoms with van der Waals surface area (Å²) < 4.78 is 16.8. The number of morpholine rings is 1. The molecule has 32 heavy (non-hydrogen) atoms. The van der Waals surface area contributed by atoms with E-state index in [2.05, 4.69) is 10.2 Å². The summed E-state index contributed by atoms with van der Waals surface area (Å²) in [6, 6.07) is 13.5. The summed E-state index contributed by atoms with van der Waals surface area (Å²) in [7, 11) is 0. The van der Waals surface area contributed by atoms with Gasteiger partial charge in [-0.25, -0.2) is 0 Å². The van der Waals surface area contributed by atoms with Crippen LogP contribution in [-0.4, -0.2) is 73.8 Å². The summed E-state index contributed by atoms with van der Waals surface area (Å²) in [4.78, 5) is 14.8. The maximum Gasteiger partial charge on any atom is 0.197 e. The molecule has 4 rings (SSSR count). The Bertz CT molecular complexity index is 1080. The number of nitrogens with zero attached hydrogens (tertiary/aromatic N) is 1. The van der Waals surface area contributed by atoms with Crippen LogP contribution in [0.1, 0.15) is 0 Å².